The van der Waals surface area contributed by atoms with Crippen LogP contribution >= 0.6 is 11.3 Å². The Labute approximate surface area is 149 Å². The molecule has 3 unspecified atom stereocenters. The standard InChI is InChI=1S/C18H21N3O3S/c22-16(20-18-19-12-6-2-4-8-15(12)25-18)10-21-13-7-3-1-5-11(13)9-14(21)17(23)24/h2,4,6,8,11,13-14H,1,3,5,7,9-10H2,(H,23,24)(H,19,20,22). The van der Waals surface area contributed by atoms with Gasteiger partial charge in [0.25, 0.3) is 0 Å². The highest BCUT2D eigenvalue weighted by atomic mass is 32.1. The van der Waals surface area contributed by atoms with E-state index in [1.807, 2.05) is 29.2 Å². The summed E-state index contributed by atoms with van der Waals surface area (Å²) in [7, 11) is 0. The first-order chi connectivity index (χ1) is 12.1. The first-order valence-corrected chi connectivity index (χ1v) is 9.57. The molecule has 1 saturated heterocycles. The SMILES string of the molecule is O=C(CN1C(C(=O)O)CC2CCCCC21)Nc1nc2ccccc2s1. The van der Waals surface area contributed by atoms with Crippen molar-refractivity contribution < 1.29 is 14.7 Å². The molecule has 2 heterocycles. The van der Waals surface area contributed by atoms with Crippen LogP contribution in [-0.2, 0) is 9.59 Å². The second kappa shape index (κ2) is 6.72. The Morgan fingerprint density at radius 3 is 2.88 bits per heavy atom. The van der Waals surface area contributed by atoms with Gasteiger partial charge in [0, 0.05) is 6.04 Å². The molecule has 0 spiro atoms. The third-order valence-electron chi connectivity index (χ3n) is 5.37. The van der Waals surface area contributed by atoms with Gasteiger partial charge in [-0.05, 0) is 37.3 Å². The first-order valence-electron chi connectivity index (χ1n) is 8.76. The van der Waals surface area contributed by atoms with Crippen molar-refractivity contribution in [2.45, 2.75) is 44.2 Å². The van der Waals surface area contributed by atoms with Crippen LogP contribution in [0, 0.1) is 5.92 Å². The van der Waals surface area contributed by atoms with Crippen LogP contribution < -0.4 is 5.32 Å². The number of carbonyl (C=O) groups excluding carboxylic acids is 1. The van der Waals surface area contributed by atoms with Crippen molar-refractivity contribution in [2.24, 2.45) is 5.92 Å². The first kappa shape index (κ1) is 16.5. The number of likely N-dealkylation sites (tertiary alicyclic amines) is 1. The minimum Gasteiger partial charge on any atom is -0.480 e. The van der Waals surface area contributed by atoms with E-state index in [9.17, 15) is 14.7 Å². The quantitative estimate of drug-likeness (QED) is 0.877. The fraction of sp³-hybridized carbons (Fsp3) is 0.500. The maximum absolute atomic E-state index is 12.5. The topological polar surface area (TPSA) is 82.5 Å². The van der Waals surface area contributed by atoms with Gasteiger partial charge in [0.2, 0.25) is 5.91 Å². The van der Waals surface area contributed by atoms with Gasteiger partial charge in [0.1, 0.15) is 6.04 Å². The fourth-order valence-electron chi connectivity index (χ4n) is 4.27. The largest absolute Gasteiger partial charge is 0.480 e. The average molecular weight is 359 g/mol. The van der Waals surface area contributed by atoms with Gasteiger partial charge in [-0.15, -0.1) is 0 Å². The monoisotopic (exact) mass is 359 g/mol. The molecule has 1 amide bonds. The van der Waals surface area contributed by atoms with Crippen LogP contribution in [0.3, 0.4) is 0 Å². The molecule has 3 atom stereocenters. The number of anilines is 1. The number of thiazole rings is 1. The van der Waals surface area contributed by atoms with Crippen molar-refractivity contribution in [1.29, 1.82) is 0 Å². The number of aromatic nitrogens is 1. The predicted molar refractivity (Wildman–Crippen MR) is 96.7 cm³/mol. The lowest BCUT2D eigenvalue weighted by Crippen LogP contribution is -2.46. The lowest BCUT2D eigenvalue weighted by Gasteiger charge is -2.32. The van der Waals surface area contributed by atoms with Crippen LogP contribution in [0.4, 0.5) is 5.13 Å². The third-order valence-corrected chi connectivity index (χ3v) is 6.32. The number of nitrogens with zero attached hydrogens (tertiary/aromatic N) is 2. The molecule has 2 N–H and O–H groups in total. The lowest BCUT2D eigenvalue weighted by molar-refractivity contribution is -0.143. The molecular weight excluding hydrogens is 338 g/mol. The molecule has 1 aromatic heterocycles. The smallest absolute Gasteiger partial charge is 0.320 e. The maximum atomic E-state index is 12.5. The fourth-order valence-corrected chi connectivity index (χ4v) is 5.16. The minimum absolute atomic E-state index is 0.119. The second-order valence-electron chi connectivity index (χ2n) is 6.91. The number of hydrogen-bond donors (Lipinski definition) is 2. The summed E-state index contributed by atoms with van der Waals surface area (Å²) < 4.78 is 1.02. The van der Waals surface area contributed by atoms with Gasteiger partial charge >= 0.3 is 5.97 Å². The molecule has 2 aliphatic rings. The number of aliphatic carboxylic acids is 1. The van der Waals surface area contributed by atoms with Gasteiger partial charge < -0.3 is 10.4 Å². The normalized spacial score (nSPS) is 26.5. The molecule has 6 nitrogen and oxygen atoms in total. The van der Waals surface area contributed by atoms with Gasteiger partial charge in [0.15, 0.2) is 5.13 Å². The number of benzene rings is 1. The summed E-state index contributed by atoms with van der Waals surface area (Å²) in [6.45, 7) is 0.119. The molecule has 0 radical (unpaired) electrons. The molecule has 1 saturated carbocycles. The van der Waals surface area contributed by atoms with E-state index in [0.717, 1.165) is 29.5 Å². The molecule has 2 aromatic rings. The number of hydrogen-bond acceptors (Lipinski definition) is 5. The molecule has 4 rings (SSSR count). The molecule has 132 valence electrons. The average Bonchev–Trinajstić information content (AvgIpc) is 3.16. The highest BCUT2D eigenvalue weighted by Crippen LogP contribution is 2.39. The molecule has 1 aromatic carbocycles. The highest BCUT2D eigenvalue weighted by molar-refractivity contribution is 7.22. The summed E-state index contributed by atoms with van der Waals surface area (Å²) in [6, 6.07) is 7.41. The lowest BCUT2D eigenvalue weighted by atomic mass is 9.85. The number of nitrogens with one attached hydrogen (secondary N) is 1. The van der Waals surface area contributed by atoms with Crippen LogP contribution in [0.5, 0.6) is 0 Å². The predicted octanol–water partition coefficient (Wildman–Crippen LogP) is 2.95. The molecule has 0 bridgehead atoms. The molecule has 2 fully saturated rings. The van der Waals surface area contributed by atoms with Gasteiger partial charge in [-0.3, -0.25) is 14.5 Å². The van der Waals surface area contributed by atoms with E-state index in [2.05, 4.69) is 10.3 Å². The Morgan fingerprint density at radius 2 is 2.08 bits per heavy atom. The van der Waals surface area contributed by atoms with E-state index in [-0.39, 0.29) is 18.5 Å². The van der Waals surface area contributed by atoms with E-state index >= 15 is 0 Å². The molecule has 7 heteroatoms. The van der Waals surface area contributed by atoms with Crippen molar-refractivity contribution >= 4 is 38.6 Å². The van der Waals surface area contributed by atoms with E-state index in [0.29, 0.717) is 17.5 Å². The van der Waals surface area contributed by atoms with Crippen LogP contribution in [-0.4, -0.2) is 45.5 Å². The van der Waals surface area contributed by atoms with Crippen molar-refractivity contribution in [3.63, 3.8) is 0 Å². The minimum atomic E-state index is -0.817. The Kier molecular flexibility index (Phi) is 4.43. The van der Waals surface area contributed by atoms with Gasteiger partial charge in [-0.2, -0.15) is 0 Å². The van der Waals surface area contributed by atoms with Crippen LogP contribution in [0.2, 0.25) is 0 Å². The van der Waals surface area contributed by atoms with Gasteiger partial charge in [-0.1, -0.05) is 36.3 Å². The Morgan fingerprint density at radius 1 is 1.28 bits per heavy atom. The molecular formula is C18H21N3O3S. The van der Waals surface area contributed by atoms with Gasteiger partial charge in [0.05, 0.1) is 16.8 Å². The summed E-state index contributed by atoms with van der Waals surface area (Å²) in [5.74, 6) is -0.594. The van der Waals surface area contributed by atoms with Crippen molar-refractivity contribution in [2.75, 3.05) is 11.9 Å². The summed E-state index contributed by atoms with van der Waals surface area (Å²) in [4.78, 5) is 30.5. The van der Waals surface area contributed by atoms with Gasteiger partial charge in [-0.25, -0.2) is 4.98 Å². The number of carboxylic acid groups (broad SMARTS) is 1. The number of rotatable bonds is 4. The van der Waals surface area contributed by atoms with Crippen molar-refractivity contribution in [3.05, 3.63) is 24.3 Å². The number of para-hydroxylation sites is 1. The number of fused-ring (bicyclic) bond motifs is 2. The Bertz CT molecular complexity index is 773. The second-order valence-corrected chi connectivity index (χ2v) is 7.94. The Hall–Kier alpha value is -1.99. The van der Waals surface area contributed by atoms with E-state index in [1.54, 1.807) is 0 Å². The molecule has 25 heavy (non-hydrogen) atoms. The van der Waals surface area contributed by atoms with Crippen LogP contribution in [0.25, 0.3) is 10.2 Å². The summed E-state index contributed by atoms with van der Waals surface area (Å²) in [5.41, 5.74) is 0.861. The van der Waals surface area contributed by atoms with Crippen molar-refractivity contribution in [3.8, 4) is 0 Å². The molecule has 1 aliphatic carbocycles. The van der Waals surface area contributed by atoms with E-state index in [1.165, 1.54) is 17.8 Å². The third kappa shape index (κ3) is 3.26. The number of amides is 1. The van der Waals surface area contributed by atoms with E-state index < -0.39 is 12.0 Å². The maximum Gasteiger partial charge on any atom is 0.320 e. The van der Waals surface area contributed by atoms with Crippen LogP contribution in [0.15, 0.2) is 24.3 Å². The highest BCUT2D eigenvalue weighted by Gasteiger charge is 2.45. The zero-order valence-electron chi connectivity index (χ0n) is 13.9. The zero-order chi connectivity index (χ0) is 17.4. The number of carboxylic acids is 1. The summed E-state index contributed by atoms with van der Waals surface area (Å²) in [6.07, 6.45) is 5.00. The molecule has 1 aliphatic heterocycles. The number of carbonyl (C=O) groups is 2. The summed E-state index contributed by atoms with van der Waals surface area (Å²) in [5, 5.41) is 13.0. The van der Waals surface area contributed by atoms with Crippen LogP contribution in [0.1, 0.15) is 32.1 Å². The summed E-state index contributed by atoms with van der Waals surface area (Å²) >= 11 is 1.44. The zero-order valence-corrected chi connectivity index (χ0v) is 14.7. The Balaban J connectivity index is 1.47. The van der Waals surface area contributed by atoms with Crippen molar-refractivity contribution in [1.82, 2.24) is 9.88 Å². The van der Waals surface area contributed by atoms with E-state index in [4.69, 9.17) is 0 Å².